The number of aromatic nitrogens is 5. The molecular weight excluding hydrogens is 222 g/mol. The maximum atomic E-state index is 8.49. The molecule has 0 aliphatic carbocycles. The van der Waals surface area contributed by atoms with Gasteiger partial charge in [-0.15, -0.1) is 5.10 Å². The number of hydrogen-bond acceptors (Lipinski definition) is 5. The van der Waals surface area contributed by atoms with E-state index in [0.717, 1.165) is 11.4 Å². The summed E-state index contributed by atoms with van der Waals surface area (Å²) in [5, 5.41) is 19.6. The second-order valence-corrected chi connectivity index (χ2v) is 3.65. The Morgan fingerprint density at radius 1 is 1.53 bits per heavy atom. The molecule has 0 aliphatic rings. The number of oxime groups is 1. The summed E-state index contributed by atoms with van der Waals surface area (Å²) in [5.41, 5.74) is 7.32. The van der Waals surface area contributed by atoms with E-state index < -0.39 is 0 Å². The highest BCUT2D eigenvalue weighted by atomic mass is 16.4. The smallest absolute Gasteiger partial charge is 0.219 e. The van der Waals surface area contributed by atoms with E-state index in [4.69, 9.17) is 10.9 Å². The molecule has 3 N–H and O–H groups in total. The van der Waals surface area contributed by atoms with E-state index >= 15 is 0 Å². The molecule has 2 aromatic heterocycles. The summed E-state index contributed by atoms with van der Waals surface area (Å²) in [4.78, 5) is 3.93. The SMILES string of the molecule is Cc1cc(Cn2cnc(C(N)=NO)n2)n(C)n1. The summed E-state index contributed by atoms with van der Waals surface area (Å²) in [6.45, 7) is 2.45. The molecule has 2 heterocycles. The fourth-order valence-electron chi connectivity index (χ4n) is 1.51. The lowest BCUT2D eigenvalue weighted by atomic mass is 10.4. The molecule has 8 heteroatoms. The van der Waals surface area contributed by atoms with Gasteiger partial charge in [0.15, 0.2) is 0 Å². The Bertz CT molecular complexity index is 553. The zero-order chi connectivity index (χ0) is 12.4. The second kappa shape index (κ2) is 4.24. The van der Waals surface area contributed by atoms with Crippen LogP contribution in [0.5, 0.6) is 0 Å². The molecule has 2 aromatic rings. The van der Waals surface area contributed by atoms with Crippen LogP contribution in [0.25, 0.3) is 0 Å². The number of nitrogens with two attached hydrogens (primary N) is 1. The van der Waals surface area contributed by atoms with E-state index in [1.807, 2.05) is 20.0 Å². The van der Waals surface area contributed by atoms with Crippen LogP contribution < -0.4 is 5.73 Å². The van der Waals surface area contributed by atoms with Gasteiger partial charge < -0.3 is 10.9 Å². The summed E-state index contributed by atoms with van der Waals surface area (Å²) >= 11 is 0. The molecule has 0 unspecified atom stereocenters. The van der Waals surface area contributed by atoms with Gasteiger partial charge in [-0.2, -0.15) is 5.10 Å². The van der Waals surface area contributed by atoms with Gasteiger partial charge in [-0.3, -0.25) is 4.68 Å². The summed E-state index contributed by atoms with van der Waals surface area (Å²) < 4.78 is 3.38. The van der Waals surface area contributed by atoms with Crippen molar-refractivity contribution in [1.82, 2.24) is 24.5 Å². The molecule has 17 heavy (non-hydrogen) atoms. The lowest BCUT2D eigenvalue weighted by molar-refractivity contribution is 0.318. The first-order chi connectivity index (χ1) is 8.10. The Hall–Kier alpha value is -2.38. The molecule has 0 saturated heterocycles. The average Bonchev–Trinajstić information content (AvgIpc) is 2.86. The Kier molecular flexibility index (Phi) is 2.77. The van der Waals surface area contributed by atoms with E-state index in [1.165, 1.54) is 6.33 Å². The molecule has 0 radical (unpaired) electrons. The highest BCUT2D eigenvalue weighted by Gasteiger charge is 2.08. The molecule has 2 rings (SSSR count). The van der Waals surface area contributed by atoms with Crippen LogP contribution in [-0.2, 0) is 13.6 Å². The van der Waals surface area contributed by atoms with Gasteiger partial charge in [-0.25, -0.2) is 9.67 Å². The van der Waals surface area contributed by atoms with Crippen molar-refractivity contribution in [3.63, 3.8) is 0 Å². The van der Waals surface area contributed by atoms with Crippen LogP contribution in [0.15, 0.2) is 17.5 Å². The summed E-state index contributed by atoms with van der Waals surface area (Å²) in [5.74, 6) is 0.0938. The first-order valence-corrected chi connectivity index (χ1v) is 4.97. The predicted molar refractivity (Wildman–Crippen MR) is 59.6 cm³/mol. The number of rotatable bonds is 3. The molecule has 0 amide bonds. The van der Waals surface area contributed by atoms with Gasteiger partial charge in [0.05, 0.1) is 17.9 Å². The normalized spacial score (nSPS) is 12.0. The summed E-state index contributed by atoms with van der Waals surface area (Å²) in [6, 6.07) is 1.96. The Balaban J connectivity index is 2.20. The van der Waals surface area contributed by atoms with E-state index in [9.17, 15) is 0 Å². The molecule has 0 atom stereocenters. The molecular formula is C9H13N7O. The topological polar surface area (TPSA) is 107 Å². The third kappa shape index (κ3) is 2.25. The molecule has 90 valence electrons. The lowest BCUT2D eigenvalue weighted by Gasteiger charge is -2.00. The molecule has 0 bridgehead atoms. The van der Waals surface area contributed by atoms with Crippen LogP contribution >= 0.6 is 0 Å². The standard InChI is InChI=1S/C9H13N7O/c1-6-3-7(15(2)12-6)4-16-5-11-9(13-16)8(10)14-17/h3,5,17H,4H2,1-2H3,(H2,10,14). The van der Waals surface area contributed by atoms with E-state index in [0.29, 0.717) is 6.54 Å². The monoisotopic (exact) mass is 235 g/mol. The maximum Gasteiger partial charge on any atom is 0.219 e. The van der Waals surface area contributed by atoms with Gasteiger partial charge in [0.2, 0.25) is 11.7 Å². The minimum Gasteiger partial charge on any atom is -0.409 e. The number of hydrogen-bond donors (Lipinski definition) is 2. The molecule has 0 fully saturated rings. The minimum atomic E-state index is -0.107. The van der Waals surface area contributed by atoms with Crippen molar-refractivity contribution in [2.24, 2.45) is 17.9 Å². The van der Waals surface area contributed by atoms with Gasteiger partial charge in [0, 0.05) is 7.05 Å². The summed E-state index contributed by atoms with van der Waals surface area (Å²) in [7, 11) is 1.86. The number of nitrogens with zero attached hydrogens (tertiary/aromatic N) is 6. The quantitative estimate of drug-likeness (QED) is 0.321. The number of amidine groups is 1. The molecule has 0 spiro atoms. The fourth-order valence-corrected chi connectivity index (χ4v) is 1.51. The van der Waals surface area contributed by atoms with Crippen molar-refractivity contribution in [2.45, 2.75) is 13.5 Å². The highest BCUT2D eigenvalue weighted by molar-refractivity contribution is 5.93. The molecule has 0 aliphatic heterocycles. The van der Waals surface area contributed by atoms with Gasteiger partial charge in [-0.1, -0.05) is 5.16 Å². The average molecular weight is 235 g/mol. The van der Waals surface area contributed by atoms with E-state index in [2.05, 4.69) is 20.3 Å². The van der Waals surface area contributed by atoms with E-state index in [1.54, 1.807) is 9.36 Å². The zero-order valence-electron chi connectivity index (χ0n) is 9.57. The van der Waals surface area contributed by atoms with Crippen LogP contribution in [-0.4, -0.2) is 35.6 Å². The van der Waals surface area contributed by atoms with Crippen LogP contribution in [0.2, 0.25) is 0 Å². The Labute approximate surface area is 97.4 Å². The van der Waals surface area contributed by atoms with E-state index in [-0.39, 0.29) is 11.7 Å². The van der Waals surface area contributed by atoms with Gasteiger partial charge in [0.1, 0.15) is 6.33 Å². The maximum absolute atomic E-state index is 8.49. The van der Waals surface area contributed by atoms with Crippen molar-refractivity contribution in [3.05, 3.63) is 29.6 Å². The second-order valence-electron chi connectivity index (χ2n) is 3.65. The zero-order valence-corrected chi connectivity index (χ0v) is 9.57. The third-order valence-electron chi connectivity index (χ3n) is 2.30. The van der Waals surface area contributed by atoms with Crippen LogP contribution in [0.1, 0.15) is 17.2 Å². The largest absolute Gasteiger partial charge is 0.409 e. The first kappa shape index (κ1) is 11.1. The minimum absolute atomic E-state index is 0.107. The van der Waals surface area contributed by atoms with Gasteiger partial charge >= 0.3 is 0 Å². The molecule has 0 saturated carbocycles. The Morgan fingerprint density at radius 3 is 2.88 bits per heavy atom. The van der Waals surface area contributed by atoms with Crippen molar-refractivity contribution >= 4 is 5.84 Å². The van der Waals surface area contributed by atoms with Crippen molar-refractivity contribution in [3.8, 4) is 0 Å². The third-order valence-corrected chi connectivity index (χ3v) is 2.30. The van der Waals surface area contributed by atoms with Crippen LogP contribution in [0.4, 0.5) is 0 Å². The predicted octanol–water partition coefficient (Wildman–Crippen LogP) is -0.537. The van der Waals surface area contributed by atoms with Crippen LogP contribution in [0, 0.1) is 6.92 Å². The molecule has 0 aromatic carbocycles. The van der Waals surface area contributed by atoms with Crippen molar-refractivity contribution < 1.29 is 5.21 Å². The van der Waals surface area contributed by atoms with Gasteiger partial charge in [0.25, 0.3) is 0 Å². The summed E-state index contributed by atoms with van der Waals surface area (Å²) in [6.07, 6.45) is 1.52. The van der Waals surface area contributed by atoms with Gasteiger partial charge in [-0.05, 0) is 13.0 Å². The lowest BCUT2D eigenvalue weighted by Crippen LogP contribution is -2.16. The Morgan fingerprint density at radius 2 is 2.29 bits per heavy atom. The number of aryl methyl sites for hydroxylation is 2. The first-order valence-electron chi connectivity index (χ1n) is 4.97. The van der Waals surface area contributed by atoms with Crippen molar-refractivity contribution in [1.29, 1.82) is 0 Å². The van der Waals surface area contributed by atoms with Crippen molar-refractivity contribution in [2.75, 3.05) is 0 Å². The fraction of sp³-hybridized carbons (Fsp3) is 0.333. The van der Waals surface area contributed by atoms with Crippen LogP contribution in [0.3, 0.4) is 0 Å². The highest BCUT2D eigenvalue weighted by Crippen LogP contribution is 2.03. The molecule has 8 nitrogen and oxygen atoms in total.